The summed E-state index contributed by atoms with van der Waals surface area (Å²) in [6, 6.07) is 3.38. The quantitative estimate of drug-likeness (QED) is 0.669. The number of carbonyl (C=O) groups is 1. The van der Waals surface area contributed by atoms with Crippen LogP contribution in [0.25, 0.3) is 0 Å². The average Bonchev–Trinajstić information content (AvgIpc) is 2.28. The highest BCUT2D eigenvalue weighted by Gasteiger charge is 2.21. The minimum absolute atomic E-state index is 0.00231. The number of phenolic OH excluding ortho intramolecular Hbond substituents is 1. The van der Waals surface area contributed by atoms with Crippen LogP contribution in [0.2, 0.25) is 0 Å². The van der Waals surface area contributed by atoms with Crippen molar-refractivity contribution in [1.29, 1.82) is 0 Å². The highest BCUT2D eigenvalue weighted by atomic mass is 16.5. The third kappa shape index (κ3) is 1.68. The van der Waals surface area contributed by atoms with E-state index in [1.54, 1.807) is 0 Å². The van der Waals surface area contributed by atoms with E-state index in [1.165, 1.54) is 13.2 Å². The van der Waals surface area contributed by atoms with Gasteiger partial charge >= 0.3 is 5.97 Å². The van der Waals surface area contributed by atoms with Crippen LogP contribution < -0.4 is 5.32 Å². The molecule has 4 heteroatoms. The zero-order valence-electron chi connectivity index (χ0n) is 8.54. The maximum Gasteiger partial charge on any atom is 0.341 e. The highest BCUT2D eigenvalue weighted by Crippen LogP contribution is 2.27. The normalized spacial score (nSPS) is 14.5. The van der Waals surface area contributed by atoms with Gasteiger partial charge in [-0.05, 0) is 30.2 Å². The van der Waals surface area contributed by atoms with Gasteiger partial charge < -0.3 is 15.2 Å². The van der Waals surface area contributed by atoms with Crippen LogP contribution >= 0.6 is 0 Å². The van der Waals surface area contributed by atoms with Crippen molar-refractivity contribution < 1.29 is 14.6 Å². The van der Waals surface area contributed by atoms with Crippen molar-refractivity contribution in [3.05, 3.63) is 28.8 Å². The summed E-state index contributed by atoms with van der Waals surface area (Å²) in [6.45, 7) is 1.56. The van der Waals surface area contributed by atoms with Crippen molar-refractivity contribution in [2.24, 2.45) is 0 Å². The van der Waals surface area contributed by atoms with Gasteiger partial charge in [-0.1, -0.05) is 6.07 Å². The molecule has 80 valence electrons. The number of aromatic hydroxyl groups is 1. The second kappa shape index (κ2) is 3.90. The van der Waals surface area contributed by atoms with E-state index in [0.717, 1.165) is 30.6 Å². The summed E-state index contributed by atoms with van der Waals surface area (Å²) in [5.41, 5.74) is 2.27. The molecule has 0 aliphatic carbocycles. The molecule has 0 spiro atoms. The van der Waals surface area contributed by atoms with Crippen molar-refractivity contribution in [3.8, 4) is 5.75 Å². The Balaban J connectivity index is 2.55. The second-order valence-electron chi connectivity index (χ2n) is 3.52. The van der Waals surface area contributed by atoms with Crippen molar-refractivity contribution in [2.75, 3.05) is 13.7 Å². The molecule has 4 nitrogen and oxygen atoms in total. The predicted octanol–water partition coefficient (Wildman–Crippen LogP) is 0.824. The van der Waals surface area contributed by atoms with E-state index in [4.69, 9.17) is 0 Å². The number of rotatable bonds is 1. The lowest BCUT2D eigenvalue weighted by Crippen LogP contribution is -2.25. The molecule has 15 heavy (non-hydrogen) atoms. The molecule has 1 aliphatic rings. The van der Waals surface area contributed by atoms with Gasteiger partial charge in [0.2, 0.25) is 0 Å². The summed E-state index contributed by atoms with van der Waals surface area (Å²) < 4.78 is 4.66. The Morgan fingerprint density at radius 3 is 3.07 bits per heavy atom. The van der Waals surface area contributed by atoms with E-state index in [0.29, 0.717) is 5.56 Å². The van der Waals surface area contributed by atoms with Crippen LogP contribution in [-0.2, 0) is 17.7 Å². The number of ether oxygens (including phenoxy) is 1. The topological polar surface area (TPSA) is 58.6 Å². The number of fused-ring (bicyclic) bond motifs is 1. The van der Waals surface area contributed by atoms with E-state index in [1.807, 2.05) is 6.07 Å². The maximum absolute atomic E-state index is 11.5. The molecule has 2 rings (SSSR count). The van der Waals surface area contributed by atoms with Gasteiger partial charge in [0.15, 0.2) is 0 Å². The molecule has 1 aromatic carbocycles. The summed E-state index contributed by atoms with van der Waals surface area (Å²) in [5.74, 6) is -0.464. The van der Waals surface area contributed by atoms with Crippen molar-refractivity contribution in [1.82, 2.24) is 5.32 Å². The molecule has 0 radical (unpaired) electrons. The molecule has 0 bridgehead atoms. The number of carbonyl (C=O) groups excluding carboxylic acids is 1. The molecule has 0 amide bonds. The van der Waals surface area contributed by atoms with Gasteiger partial charge in [0.05, 0.1) is 7.11 Å². The Kier molecular flexibility index (Phi) is 2.60. The fourth-order valence-corrected chi connectivity index (χ4v) is 1.90. The van der Waals surface area contributed by atoms with E-state index in [2.05, 4.69) is 10.1 Å². The van der Waals surface area contributed by atoms with Crippen LogP contribution in [0.5, 0.6) is 5.75 Å². The summed E-state index contributed by atoms with van der Waals surface area (Å²) in [7, 11) is 1.32. The lowest BCUT2D eigenvalue weighted by Gasteiger charge is -2.20. The minimum Gasteiger partial charge on any atom is -0.507 e. The summed E-state index contributed by atoms with van der Waals surface area (Å²) in [5, 5.41) is 12.9. The second-order valence-corrected chi connectivity index (χ2v) is 3.52. The first-order chi connectivity index (χ1) is 7.24. The first-order valence-corrected chi connectivity index (χ1v) is 4.87. The van der Waals surface area contributed by atoms with Gasteiger partial charge in [-0.15, -0.1) is 0 Å². The van der Waals surface area contributed by atoms with Gasteiger partial charge in [0.1, 0.15) is 11.3 Å². The minimum atomic E-state index is -0.466. The number of esters is 1. The molecule has 0 unspecified atom stereocenters. The smallest absolute Gasteiger partial charge is 0.341 e. The first kappa shape index (κ1) is 9.98. The van der Waals surface area contributed by atoms with Gasteiger partial charge in [0, 0.05) is 6.54 Å². The number of methoxy groups -OCH3 is 1. The first-order valence-electron chi connectivity index (χ1n) is 4.87. The number of phenols is 1. The van der Waals surface area contributed by atoms with Gasteiger partial charge in [0.25, 0.3) is 0 Å². The Morgan fingerprint density at radius 2 is 2.33 bits per heavy atom. The monoisotopic (exact) mass is 207 g/mol. The average molecular weight is 207 g/mol. The Bertz CT molecular complexity index is 401. The fraction of sp³-hybridized carbons (Fsp3) is 0.364. The van der Waals surface area contributed by atoms with Crippen LogP contribution in [0.1, 0.15) is 21.5 Å². The molecule has 0 fully saturated rings. The lowest BCUT2D eigenvalue weighted by atomic mass is 9.95. The Labute approximate surface area is 87.9 Å². The lowest BCUT2D eigenvalue weighted by molar-refractivity contribution is 0.0596. The molecule has 1 aromatic rings. The SMILES string of the molecule is COC(=O)c1c(O)ccc2c1CCNC2. The molecular formula is C11H13NO3. The van der Waals surface area contributed by atoms with E-state index in [-0.39, 0.29) is 5.75 Å². The molecular weight excluding hydrogens is 194 g/mol. The standard InChI is InChI=1S/C11H13NO3/c1-15-11(14)10-8-4-5-12-6-7(8)2-3-9(10)13/h2-3,12-13H,4-6H2,1H3. The Morgan fingerprint density at radius 1 is 1.53 bits per heavy atom. The molecule has 2 N–H and O–H groups in total. The summed E-state index contributed by atoms with van der Waals surface area (Å²) in [6.07, 6.45) is 0.744. The third-order valence-electron chi connectivity index (χ3n) is 2.64. The van der Waals surface area contributed by atoms with Crippen molar-refractivity contribution in [3.63, 3.8) is 0 Å². The number of hydrogen-bond acceptors (Lipinski definition) is 4. The molecule has 0 atom stereocenters. The molecule has 0 saturated heterocycles. The van der Waals surface area contributed by atoms with E-state index >= 15 is 0 Å². The van der Waals surface area contributed by atoms with E-state index < -0.39 is 5.97 Å². The van der Waals surface area contributed by atoms with Crippen molar-refractivity contribution in [2.45, 2.75) is 13.0 Å². The molecule has 0 aromatic heterocycles. The van der Waals surface area contributed by atoms with Gasteiger partial charge in [-0.3, -0.25) is 0 Å². The predicted molar refractivity (Wildman–Crippen MR) is 54.9 cm³/mol. The number of hydrogen-bond donors (Lipinski definition) is 2. The largest absolute Gasteiger partial charge is 0.507 e. The summed E-state index contributed by atoms with van der Waals surface area (Å²) >= 11 is 0. The highest BCUT2D eigenvalue weighted by molar-refractivity contribution is 5.94. The van der Waals surface area contributed by atoms with Crippen LogP contribution in [0.4, 0.5) is 0 Å². The zero-order chi connectivity index (χ0) is 10.8. The van der Waals surface area contributed by atoms with Crippen LogP contribution in [0, 0.1) is 0 Å². The zero-order valence-corrected chi connectivity index (χ0v) is 8.54. The van der Waals surface area contributed by atoms with Gasteiger partial charge in [-0.25, -0.2) is 4.79 Å². The molecule has 1 aliphatic heterocycles. The molecule has 1 heterocycles. The van der Waals surface area contributed by atoms with Crippen LogP contribution in [0.15, 0.2) is 12.1 Å². The fourth-order valence-electron chi connectivity index (χ4n) is 1.90. The molecule has 0 saturated carbocycles. The van der Waals surface area contributed by atoms with Crippen LogP contribution in [-0.4, -0.2) is 24.7 Å². The van der Waals surface area contributed by atoms with Gasteiger partial charge in [-0.2, -0.15) is 0 Å². The van der Waals surface area contributed by atoms with E-state index in [9.17, 15) is 9.90 Å². The third-order valence-corrected chi connectivity index (χ3v) is 2.64. The maximum atomic E-state index is 11.5. The van der Waals surface area contributed by atoms with Crippen molar-refractivity contribution >= 4 is 5.97 Å². The number of nitrogens with one attached hydrogen (secondary N) is 1. The number of benzene rings is 1. The van der Waals surface area contributed by atoms with Crippen LogP contribution in [0.3, 0.4) is 0 Å². The Hall–Kier alpha value is -1.55. The summed E-state index contributed by atoms with van der Waals surface area (Å²) in [4.78, 5) is 11.5.